The van der Waals surface area contributed by atoms with Gasteiger partial charge in [0.1, 0.15) is 11.4 Å². The molecule has 1 aliphatic heterocycles. The number of hydrogen-bond acceptors (Lipinski definition) is 6. The van der Waals surface area contributed by atoms with Crippen molar-refractivity contribution in [2.75, 3.05) is 43.9 Å². The van der Waals surface area contributed by atoms with Gasteiger partial charge in [0.25, 0.3) is 5.56 Å². The first-order valence-corrected chi connectivity index (χ1v) is 9.79. The molecule has 3 rings (SSSR count). The highest BCUT2D eigenvalue weighted by Crippen LogP contribution is 2.28. The molecule has 0 unspecified atom stereocenters. The van der Waals surface area contributed by atoms with Crippen molar-refractivity contribution < 1.29 is 4.90 Å². The van der Waals surface area contributed by atoms with Gasteiger partial charge in [-0.3, -0.25) is 13.9 Å². The summed E-state index contributed by atoms with van der Waals surface area (Å²) >= 11 is 1.51. The molecule has 3 N–H and O–H groups in total. The molecule has 26 heavy (non-hydrogen) atoms. The van der Waals surface area contributed by atoms with Gasteiger partial charge in [-0.05, 0) is 5.92 Å². The van der Waals surface area contributed by atoms with Gasteiger partial charge >= 0.3 is 5.69 Å². The molecule has 0 bridgehead atoms. The van der Waals surface area contributed by atoms with Crippen LogP contribution in [0, 0.1) is 5.92 Å². The summed E-state index contributed by atoms with van der Waals surface area (Å²) in [7, 11) is 3.67. The van der Waals surface area contributed by atoms with Crippen LogP contribution in [0.3, 0.4) is 0 Å². The Balaban J connectivity index is 2.03. The number of likely N-dealkylation sites (N-methyl/N-ethyl adjacent to an activating group) is 1. The number of quaternary nitrogens is 1. The van der Waals surface area contributed by atoms with Gasteiger partial charge in [0.05, 0.1) is 38.9 Å². The largest absolute Gasteiger partial charge is 0.384 e. The summed E-state index contributed by atoms with van der Waals surface area (Å²) in [5, 5.41) is 2.76. The first kappa shape index (κ1) is 18.7. The first-order chi connectivity index (χ1) is 12.3. The number of anilines is 2. The van der Waals surface area contributed by atoms with E-state index in [4.69, 9.17) is 5.73 Å². The molecular weight excluding hydrogens is 352 g/mol. The summed E-state index contributed by atoms with van der Waals surface area (Å²) in [5.74, 6) is 0.436. The number of nitrogens with two attached hydrogens (primary N) is 1. The summed E-state index contributed by atoms with van der Waals surface area (Å²) in [6.45, 7) is 8.50. The quantitative estimate of drug-likeness (QED) is 0.729. The smallest absolute Gasteiger partial charge is 0.332 e. The van der Waals surface area contributed by atoms with Crippen LogP contribution in [0.25, 0.3) is 11.3 Å². The first-order valence-electron chi connectivity index (χ1n) is 8.91. The van der Waals surface area contributed by atoms with Gasteiger partial charge in [-0.15, -0.1) is 11.3 Å². The van der Waals surface area contributed by atoms with Crippen LogP contribution < -0.4 is 26.8 Å². The van der Waals surface area contributed by atoms with Gasteiger partial charge in [-0.1, -0.05) is 13.8 Å². The second kappa shape index (κ2) is 7.24. The maximum atomic E-state index is 12.7. The lowest BCUT2D eigenvalue weighted by molar-refractivity contribution is -0.880. The standard InChI is InChI=1S/C17H26N6O2S/c1-11(2)9-23-14(18)13(15(24)21(4)17(23)25)12-10-26-16(19-12)22-7-5-20(3)6-8-22/h10-11H,5-9,18H2,1-4H3/p+1. The van der Waals surface area contributed by atoms with Gasteiger partial charge in [0.2, 0.25) is 0 Å². The van der Waals surface area contributed by atoms with Crippen molar-refractivity contribution in [3.63, 3.8) is 0 Å². The molecule has 0 amide bonds. The van der Waals surface area contributed by atoms with E-state index in [2.05, 4.69) is 16.9 Å². The minimum Gasteiger partial charge on any atom is -0.384 e. The van der Waals surface area contributed by atoms with Crippen molar-refractivity contribution >= 4 is 22.3 Å². The molecule has 0 saturated carbocycles. The second-order valence-corrected chi connectivity index (χ2v) is 8.21. The van der Waals surface area contributed by atoms with Crippen LogP contribution >= 0.6 is 11.3 Å². The SMILES string of the molecule is CC(C)Cn1c(N)c(-c2csc(N3CC[NH+](C)CC3)n2)c(=O)n(C)c1=O. The Bertz CT molecular complexity index is 905. The van der Waals surface area contributed by atoms with E-state index >= 15 is 0 Å². The zero-order valence-electron chi connectivity index (χ0n) is 15.8. The molecule has 3 heterocycles. The Labute approximate surface area is 156 Å². The molecule has 1 fully saturated rings. The fourth-order valence-electron chi connectivity index (χ4n) is 3.17. The third-order valence-electron chi connectivity index (χ3n) is 4.77. The number of aromatic nitrogens is 3. The Kier molecular flexibility index (Phi) is 5.19. The van der Waals surface area contributed by atoms with Gasteiger partial charge in [-0.2, -0.15) is 0 Å². The number of rotatable bonds is 4. The maximum absolute atomic E-state index is 12.7. The number of hydrogen-bond donors (Lipinski definition) is 2. The summed E-state index contributed by atoms with van der Waals surface area (Å²) in [6.07, 6.45) is 0. The molecule has 0 aliphatic carbocycles. The second-order valence-electron chi connectivity index (χ2n) is 7.37. The minimum atomic E-state index is -0.396. The van der Waals surface area contributed by atoms with Crippen LogP contribution in [0.4, 0.5) is 10.9 Å². The Hall–Kier alpha value is -2.13. The predicted molar refractivity (Wildman–Crippen MR) is 105 cm³/mol. The molecule has 2 aromatic rings. The molecule has 0 radical (unpaired) electrons. The fourth-order valence-corrected chi connectivity index (χ4v) is 4.04. The average molecular weight is 380 g/mol. The van der Waals surface area contributed by atoms with E-state index in [1.165, 1.54) is 27.9 Å². The molecule has 8 nitrogen and oxygen atoms in total. The highest BCUT2D eigenvalue weighted by Gasteiger charge is 2.23. The highest BCUT2D eigenvalue weighted by molar-refractivity contribution is 7.14. The zero-order chi connectivity index (χ0) is 19.0. The lowest BCUT2D eigenvalue weighted by Crippen LogP contribution is -3.12. The minimum absolute atomic E-state index is 0.200. The lowest BCUT2D eigenvalue weighted by Gasteiger charge is -2.29. The van der Waals surface area contributed by atoms with Crippen molar-refractivity contribution in [3.05, 3.63) is 26.2 Å². The average Bonchev–Trinajstić information content (AvgIpc) is 3.07. The molecule has 0 spiro atoms. The molecule has 2 aromatic heterocycles. The fraction of sp³-hybridized carbons (Fsp3) is 0.588. The molecule has 9 heteroatoms. The number of nitrogens with one attached hydrogen (secondary N) is 1. The van der Waals surface area contributed by atoms with Crippen LogP contribution in [0.5, 0.6) is 0 Å². The van der Waals surface area contributed by atoms with Gasteiger partial charge in [0.15, 0.2) is 5.13 Å². The Morgan fingerprint density at radius 2 is 1.96 bits per heavy atom. The normalized spacial score (nSPS) is 15.8. The summed E-state index contributed by atoms with van der Waals surface area (Å²) < 4.78 is 2.59. The monoisotopic (exact) mass is 379 g/mol. The van der Waals surface area contributed by atoms with Crippen LogP contribution in [0.15, 0.2) is 15.0 Å². The molecule has 0 aromatic carbocycles. The van der Waals surface area contributed by atoms with Gasteiger partial charge in [-0.25, -0.2) is 9.78 Å². The highest BCUT2D eigenvalue weighted by atomic mass is 32.1. The van der Waals surface area contributed by atoms with E-state index in [9.17, 15) is 9.59 Å². The van der Waals surface area contributed by atoms with Crippen molar-refractivity contribution in [1.29, 1.82) is 0 Å². The molecule has 0 atom stereocenters. The van der Waals surface area contributed by atoms with Crippen LogP contribution in [-0.4, -0.2) is 47.3 Å². The number of nitrogen functional groups attached to an aromatic ring is 1. The summed E-state index contributed by atoms with van der Waals surface area (Å²) in [5.41, 5.74) is 6.32. The van der Waals surface area contributed by atoms with Crippen molar-refractivity contribution in [2.45, 2.75) is 20.4 Å². The van der Waals surface area contributed by atoms with Crippen LogP contribution in [0.1, 0.15) is 13.8 Å². The van der Waals surface area contributed by atoms with E-state index in [1.807, 2.05) is 19.2 Å². The van der Waals surface area contributed by atoms with Crippen molar-refractivity contribution in [3.8, 4) is 11.3 Å². The van der Waals surface area contributed by atoms with Gasteiger partial charge in [0, 0.05) is 19.0 Å². The molecular formula is C17H27N6O2S+. The molecule has 142 valence electrons. The number of nitrogens with zero attached hydrogens (tertiary/aromatic N) is 4. The van der Waals surface area contributed by atoms with E-state index in [0.717, 1.165) is 35.9 Å². The third-order valence-corrected chi connectivity index (χ3v) is 5.67. The maximum Gasteiger partial charge on any atom is 0.332 e. The lowest BCUT2D eigenvalue weighted by atomic mass is 10.2. The number of piperazine rings is 1. The third kappa shape index (κ3) is 3.41. The predicted octanol–water partition coefficient (Wildman–Crippen LogP) is -0.757. The summed E-state index contributed by atoms with van der Waals surface area (Å²) in [4.78, 5) is 33.5. The van der Waals surface area contributed by atoms with E-state index in [0.29, 0.717) is 17.8 Å². The topological polar surface area (TPSA) is 90.6 Å². The van der Waals surface area contributed by atoms with Crippen molar-refractivity contribution in [2.24, 2.45) is 13.0 Å². The zero-order valence-corrected chi connectivity index (χ0v) is 16.6. The van der Waals surface area contributed by atoms with E-state index in [-0.39, 0.29) is 17.4 Å². The summed E-state index contributed by atoms with van der Waals surface area (Å²) in [6, 6.07) is 0. The van der Waals surface area contributed by atoms with E-state index in [1.54, 1.807) is 0 Å². The van der Waals surface area contributed by atoms with Crippen LogP contribution in [-0.2, 0) is 13.6 Å². The van der Waals surface area contributed by atoms with Crippen molar-refractivity contribution in [1.82, 2.24) is 14.1 Å². The van der Waals surface area contributed by atoms with E-state index < -0.39 is 5.56 Å². The number of thiazole rings is 1. The van der Waals surface area contributed by atoms with Crippen LogP contribution in [0.2, 0.25) is 0 Å². The molecule has 1 aliphatic rings. The Morgan fingerprint density at radius 1 is 1.31 bits per heavy atom. The van der Waals surface area contributed by atoms with Gasteiger partial charge < -0.3 is 15.5 Å². The Morgan fingerprint density at radius 3 is 2.58 bits per heavy atom. The molecule has 1 saturated heterocycles.